The fourth-order valence-corrected chi connectivity index (χ4v) is 2.99. The summed E-state index contributed by atoms with van der Waals surface area (Å²) in [5, 5.41) is 7.08. The van der Waals surface area contributed by atoms with E-state index in [-0.39, 0.29) is 0 Å². The van der Waals surface area contributed by atoms with E-state index in [1.807, 2.05) is 11.3 Å². The average molecular weight is 247 g/mol. The van der Waals surface area contributed by atoms with Crippen molar-refractivity contribution in [3.05, 3.63) is 35.2 Å². The van der Waals surface area contributed by atoms with Crippen LogP contribution in [-0.2, 0) is 6.42 Å². The Morgan fingerprint density at radius 1 is 1.24 bits per heavy atom. The van der Waals surface area contributed by atoms with Crippen LogP contribution in [0.2, 0.25) is 0 Å². The minimum Gasteiger partial charge on any atom is -0.316 e. The first-order valence-electron chi connectivity index (χ1n) is 6.43. The van der Waals surface area contributed by atoms with Gasteiger partial charge in [-0.1, -0.05) is 32.0 Å². The van der Waals surface area contributed by atoms with Gasteiger partial charge in [-0.3, -0.25) is 0 Å². The molecule has 2 aromatic rings. The molecule has 0 aliphatic heterocycles. The van der Waals surface area contributed by atoms with E-state index in [0.717, 1.165) is 19.0 Å². The molecule has 1 nitrogen and oxygen atoms in total. The van der Waals surface area contributed by atoms with E-state index in [1.165, 1.54) is 28.5 Å². The third kappa shape index (κ3) is 3.55. The fourth-order valence-electron chi connectivity index (χ4n) is 2.05. The van der Waals surface area contributed by atoms with Gasteiger partial charge in [0.05, 0.1) is 0 Å². The summed E-state index contributed by atoms with van der Waals surface area (Å²) in [6, 6.07) is 8.85. The molecule has 2 rings (SSSR count). The zero-order valence-electron chi connectivity index (χ0n) is 10.7. The van der Waals surface area contributed by atoms with E-state index in [2.05, 4.69) is 48.8 Å². The largest absolute Gasteiger partial charge is 0.316 e. The van der Waals surface area contributed by atoms with Gasteiger partial charge in [0.1, 0.15) is 0 Å². The van der Waals surface area contributed by atoms with Crippen LogP contribution in [0.3, 0.4) is 0 Å². The van der Waals surface area contributed by atoms with Crippen molar-refractivity contribution in [3.8, 4) is 0 Å². The highest BCUT2D eigenvalue weighted by atomic mass is 32.1. The summed E-state index contributed by atoms with van der Waals surface area (Å²) < 4.78 is 1.47. The van der Waals surface area contributed by atoms with E-state index >= 15 is 0 Å². The first-order chi connectivity index (χ1) is 8.27. The Labute approximate surface area is 108 Å². The van der Waals surface area contributed by atoms with Crippen molar-refractivity contribution >= 4 is 21.4 Å². The van der Waals surface area contributed by atoms with E-state index in [9.17, 15) is 0 Å². The average Bonchev–Trinajstić information content (AvgIpc) is 2.77. The Kier molecular flexibility index (Phi) is 4.57. The number of benzene rings is 1. The highest BCUT2D eigenvalue weighted by molar-refractivity contribution is 7.17. The van der Waals surface area contributed by atoms with E-state index in [4.69, 9.17) is 0 Å². The van der Waals surface area contributed by atoms with Crippen LogP contribution in [0.5, 0.6) is 0 Å². The van der Waals surface area contributed by atoms with E-state index in [1.54, 1.807) is 0 Å². The number of rotatable bonds is 6. The molecule has 0 atom stereocenters. The first kappa shape index (κ1) is 12.6. The molecule has 0 spiro atoms. The third-order valence-corrected chi connectivity index (χ3v) is 3.92. The van der Waals surface area contributed by atoms with Gasteiger partial charge in [-0.25, -0.2) is 0 Å². The summed E-state index contributed by atoms with van der Waals surface area (Å²) in [6.07, 6.45) is 2.41. The molecule has 0 bridgehead atoms. The van der Waals surface area contributed by atoms with Crippen molar-refractivity contribution in [1.82, 2.24) is 5.32 Å². The maximum Gasteiger partial charge on any atom is 0.0374 e. The van der Waals surface area contributed by atoms with Gasteiger partial charge in [0.2, 0.25) is 0 Å². The topological polar surface area (TPSA) is 12.0 Å². The lowest BCUT2D eigenvalue weighted by molar-refractivity contribution is 0.543. The molecule has 2 heteroatoms. The van der Waals surface area contributed by atoms with Crippen molar-refractivity contribution in [2.45, 2.75) is 26.7 Å². The molecule has 1 aromatic heterocycles. The first-order valence-corrected chi connectivity index (χ1v) is 7.31. The third-order valence-electron chi connectivity index (χ3n) is 2.91. The Bertz CT molecular complexity index is 459. The summed E-state index contributed by atoms with van der Waals surface area (Å²) in [5.74, 6) is 0.746. The molecule has 0 aliphatic rings. The Hall–Kier alpha value is -0.860. The SMILES string of the molecule is CC(C)CNCCCc1cccc2ccsc12. The lowest BCUT2D eigenvalue weighted by Gasteiger charge is -2.07. The van der Waals surface area contributed by atoms with Crippen LogP contribution in [0.25, 0.3) is 10.1 Å². The van der Waals surface area contributed by atoms with Gasteiger partial charge in [0.15, 0.2) is 0 Å². The van der Waals surface area contributed by atoms with Crippen molar-refractivity contribution in [3.63, 3.8) is 0 Å². The molecular formula is C15H21NS. The smallest absolute Gasteiger partial charge is 0.0374 e. The summed E-state index contributed by atoms with van der Waals surface area (Å²) in [7, 11) is 0. The predicted octanol–water partition coefficient (Wildman–Crippen LogP) is 4.08. The van der Waals surface area contributed by atoms with Gasteiger partial charge < -0.3 is 5.32 Å². The molecule has 1 aromatic carbocycles. The highest BCUT2D eigenvalue weighted by Gasteiger charge is 2.01. The van der Waals surface area contributed by atoms with Crippen LogP contribution in [-0.4, -0.2) is 13.1 Å². The van der Waals surface area contributed by atoms with Crippen LogP contribution in [0.4, 0.5) is 0 Å². The second-order valence-corrected chi connectivity index (χ2v) is 5.87. The van der Waals surface area contributed by atoms with Gasteiger partial charge in [-0.05, 0) is 54.2 Å². The van der Waals surface area contributed by atoms with Crippen LogP contribution in [0.15, 0.2) is 29.6 Å². The Morgan fingerprint density at radius 3 is 2.94 bits per heavy atom. The van der Waals surface area contributed by atoms with Crippen molar-refractivity contribution in [2.75, 3.05) is 13.1 Å². The van der Waals surface area contributed by atoms with Gasteiger partial charge >= 0.3 is 0 Å². The standard InChI is InChI=1S/C15H21NS/c1-12(2)11-16-9-4-7-13-5-3-6-14-8-10-17-15(13)14/h3,5-6,8,10,12,16H,4,7,9,11H2,1-2H3. The van der Waals surface area contributed by atoms with Crippen LogP contribution in [0, 0.1) is 5.92 Å². The summed E-state index contributed by atoms with van der Waals surface area (Å²) in [4.78, 5) is 0. The second-order valence-electron chi connectivity index (χ2n) is 4.96. The van der Waals surface area contributed by atoms with Crippen molar-refractivity contribution < 1.29 is 0 Å². The number of hydrogen-bond acceptors (Lipinski definition) is 2. The maximum absolute atomic E-state index is 3.50. The molecule has 0 fully saturated rings. The normalized spacial score (nSPS) is 11.5. The molecule has 0 saturated carbocycles. The zero-order chi connectivity index (χ0) is 12.1. The molecule has 0 unspecified atom stereocenters. The molecule has 0 amide bonds. The molecule has 17 heavy (non-hydrogen) atoms. The van der Waals surface area contributed by atoms with E-state index < -0.39 is 0 Å². The molecule has 1 N–H and O–H groups in total. The van der Waals surface area contributed by atoms with Crippen molar-refractivity contribution in [2.24, 2.45) is 5.92 Å². The summed E-state index contributed by atoms with van der Waals surface area (Å²) in [5.41, 5.74) is 1.50. The minimum absolute atomic E-state index is 0.746. The molecule has 0 aliphatic carbocycles. The molecule has 0 radical (unpaired) electrons. The van der Waals surface area contributed by atoms with Crippen LogP contribution in [0.1, 0.15) is 25.8 Å². The van der Waals surface area contributed by atoms with Crippen molar-refractivity contribution in [1.29, 1.82) is 0 Å². The molecular weight excluding hydrogens is 226 g/mol. The van der Waals surface area contributed by atoms with Crippen LogP contribution < -0.4 is 5.32 Å². The second kappa shape index (κ2) is 6.18. The van der Waals surface area contributed by atoms with Gasteiger partial charge in [-0.2, -0.15) is 0 Å². The number of aryl methyl sites for hydroxylation is 1. The predicted molar refractivity (Wildman–Crippen MR) is 77.9 cm³/mol. The Morgan fingerprint density at radius 2 is 2.12 bits per heavy atom. The maximum atomic E-state index is 3.50. The number of thiophene rings is 1. The molecule has 92 valence electrons. The molecule has 0 saturated heterocycles. The van der Waals surface area contributed by atoms with E-state index in [0.29, 0.717) is 0 Å². The van der Waals surface area contributed by atoms with Gasteiger partial charge in [0.25, 0.3) is 0 Å². The van der Waals surface area contributed by atoms with Crippen LogP contribution >= 0.6 is 11.3 Å². The number of nitrogens with one attached hydrogen (secondary N) is 1. The van der Waals surface area contributed by atoms with Gasteiger partial charge in [0, 0.05) is 4.70 Å². The zero-order valence-corrected chi connectivity index (χ0v) is 11.5. The number of fused-ring (bicyclic) bond motifs is 1. The quantitative estimate of drug-likeness (QED) is 0.758. The van der Waals surface area contributed by atoms with Gasteiger partial charge in [-0.15, -0.1) is 11.3 Å². The Balaban J connectivity index is 1.84. The molecule has 1 heterocycles. The number of hydrogen-bond donors (Lipinski definition) is 1. The lowest BCUT2D eigenvalue weighted by atomic mass is 10.1. The summed E-state index contributed by atoms with van der Waals surface area (Å²) >= 11 is 1.86. The monoisotopic (exact) mass is 247 g/mol. The minimum atomic E-state index is 0.746. The highest BCUT2D eigenvalue weighted by Crippen LogP contribution is 2.25. The summed E-state index contributed by atoms with van der Waals surface area (Å²) in [6.45, 7) is 6.75. The fraction of sp³-hybridized carbons (Fsp3) is 0.467. The lowest BCUT2D eigenvalue weighted by Crippen LogP contribution is -2.21.